The zero-order valence-electron chi connectivity index (χ0n) is 15.8. The molecular weight excluding hydrogens is 395 g/mol. The van der Waals surface area contributed by atoms with Crippen molar-refractivity contribution >= 4 is 11.6 Å². The molecule has 0 unspecified atom stereocenters. The van der Waals surface area contributed by atoms with Crippen LogP contribution in [0.15, 0.2) is 67.3 Å². The Morgan fingerprint density at radius 2 is 1.97 bits per heavy atom. The van der Waals surface area contributed by atoms with E-state index in [-0.39, 0.29) is 11.9 Å². The van der Waals surface area contributed by atoms with Crippen molar-refractivity contribution in [1.29, 1.82) is 0 Å². The van der Waals surface area contributed by atoms with Crippen LogP contribution in [0.2, 0.25) is 5.02 Å². The molecule has 2 aromatic carbocycles. The second-order valence-electron chi connectivity index (χ2n) is 7.09. The van der Waals surface area contributed by atoms with Gasteiger partial charge >= 0.3 is 0 Å². The Morgan fingerprint density at radius 1 is 1.17 bits per heavy atom. The standard InChI is InChI=1S/C22H22ClFN2O3/c23-18-3-1-17(2-4-18)9-10-22(15-26-12-11-25-16-26)28-14-21(29-22)13-27-20-7-5-19(24)6-8-20/h1-8,11-12,16,21H,9-10,13-15H2/t21-,22+/m0/s1. The van der Waals surface area contributed by atoms with E-state index in [0.29, 0.717) is 37.0 Å². The average molecular weight is 417 g/mol. The number of rotatable bonds is 8. The molecular formula is C22H22ClFN2O3. The van der Waals surface area contributed by atoms with Crippen LogP contribution in [0.4, 0.5) is 4.39 Å². The molecule has 2 atom stereocenters. The smallest absolute Gasteiger partial charge is 0.187 e. The predicted octanol–water partition coefficient (Wildman–Crippen LogP) is 4.50. The molecule has 1 fully saturated rings. The number of hydrogen-bond acceptors (Lipinski definition) is 4. The van der Waals surface area contributed by atoms with E-state index in [1.54, 1.807) is 24.7 Å². The van der Waals surface area contributed by atoms with Gasteiger partial charge in [-0.15, -0.1) is 0 Å². The molecule has 0 N–H and O–H groups in total. The summed E-state index contributed by atoms with van der Waals surface area (Å²) in [5.74, 6) is -0.459. The topological polar surface area (TPSA) is 45.5 Å². The average Bonchev–Trinajstić information content (AvgIpc) is 3.38. The van der Waals surface area contributed by atoms with Gasteiger partial charge in [0.15, 0.2) is 5.79 Å². The Kier molecular flexibility index (Phi) is 6.13. The quantitative estimate of drug-likeness (QED) is 0.542. The van der Waals surface area contributed by atoms with Gasteiger partial charge in [-0.3, -0.25) is 0 Å². The molecule has 5 nitrogen and oxygen atoms in total. The molecule has 0 amide bonds. The Morgan fingerprint density at radius 3 is 2.69 bits per heavy atom. The molecule has 152 valence electrons. The summed E-state index contributed by atoms with van der Waals surface area (Å²) in [7, 11) is 0. The molecule has 1 aliphatic rings. The van der Waals surface area contributed by atoms with E-state index in [2.05, 4.69) is 4.98 Å². The van der Waals surface area contributed by atoms with Crippen LogP contribution in [0.25, 0.3) is 0 Å². The minimum Gasteiger partial charge on any atom is -0.491 e. The minimum absolute atomic E-state index is 0.214. The van der Waals surface area contributed by atoms with Crippen molar-refractivity contribution in [2.45, 2.75) is 31.3 Å². The maximum Gasteiger partial charge on any atom is 0.187 e. The number of halogens is 2. The molecule has 0 bridgehead atoms. The Bertz CT molecular complexity index is 903. The van der Waals surface area contributed by atoms with Crippen LogP contribution in [0, 0.1) is 5.82 Å². The van der Waals surface area contributed by atoms with Crippen molar-refractivity contribution in [3.63, 3.8) is 0 Å². The van der Waals surface area contributed by atoms with E-state index in [9.17, 15) is 4.39 Å². The fourth-order valence-electron chi connectivity index (χ4n) is 3.36. The molecule has 1 aliphatic heterocycles. The lowest BCUT2D eigenvalue weighted by molar-refractivity contribution is -0.184. The van der Waals surface area contributed by atoms with Crippen LogP contribution in [0.1, 0.15) is 12.0 Å². The summed E-state index contributed by atoms with van der Waals surface area (Å²) in [5.41, 5.74) is 1.16. The van der Waals surface area contributed by atoms with Gasteiger partial charge in [0.25, 0.3) is 0 Å². The first kappa shape index (κ1) is 19.9. The van der Waals surface area contributed by atoms with Gasteiger partial charge in [0.1, 0.15) is 24.3 Å². The summed E-state index contributed by atoms with van der Waals surface area (Å²) in [6.07, 6.45) is 6.63. The molecule has 29 heavy (non-hydrogen) atoms. The first-order valence-corrected chi connectivity index (χ1v) is 9.88. The summed E-state index contributed by atoms with van der Waals surface area (Å²) >= 11 is 5.98. The fourth-order valence-corrected chi connectivity index (χ4v) is 3.48. The van der Waals surface area contributed by atoms with Crippen LogP contribution in [0.5, 0.6) is 5.75 Å². The summed E-state index contributed by atoms with van der Waals surface area (Å²) < 4.78 is 33.2. The van der Waals surface area contributed by atoms with Crippen molar-refractivity contribution in [2.24, 2.45) is 0 Å². The highest BCUT2D eigenvalue weighted by Crippen LogP contribution is 2.31. The van der Waals surface area contributed by atoms with E-state index in [4.69, 9.17) is 25.8 Å². The van der Waals surface area contributed by atoms with Crippen molar-refractivity contribution in [3.05, 3.63) is 83.7 Å². The van der Waals surface area contributed by atoms with Crippen LogP contribution in [-0.2, 0) is 22.4 Å². The first-order valence-electron chi connectivity index (χ1n) is 9.51. The molecule has 0 aliphatic carbocycles. The van der Waals surface area contributed by atoms with Crippen molar-refractivity contribution in [3.8, 4) is 5.75 Å². The second kappa shape index (κ2) is 8.95. The summed E-state index contributed by atoms with van der Waals surface area (Å²) in [4.78, 5) is 4.11. The third-order valence-corrected chi connectivity index (χ3v) is 5.11. The van der Waals surface area contributed by atoms with Crippen molar-refractivity contribution in [1.82, 2.24) is 9.55 Å². The van der Waals surface area contributed by atoms with Crippen LogP contribution >= 0.6 is 11.6 Å². The SMILES string of the molecule is Fc1ccc(OC[C@H]2CO[C@@](CCc3ccc(Cl)cc3)(Cn3ccnc3)O2)cc1. The van der Waals surface area contributed by atoms with Gasteiger partial charge < -0.3 is 18.8 Å². The molecule has 2 heterocycles. The van der Waals surface area contributed by atoms with Gasteiger partial charge in [-0.25, -0.2) is 9.37 Å². The lowest BCUT2D eigenvalue weighted by Gasteiger charge is -2.28. The molecule has 0 saturated carbocycles. The van der Waals surface area contributed by atoms with E-state index < -0.39 is 5.79 Å². The molecule has 7 heteroatoms. The van der Waals surface area contributed by atoms with Gasteiger partial charge in [0.05, 0.1) is 19.5 Å². The highest BCUT2D eigenvalue weighted by molar-refractivity contribution is 6.30. The number of nitrogens with zero attached hydrogens (tertiary/aromatic N) is 2. The molecule has 3 aromatic rings. The van der Waals surface area contributed by atoms with Crippen LogP contribution < -0.4 is 4.74 Å². The van der Waals surface area contributed by atoms with Crippen molar-refractivity contribution in [2.75, 3.05) is 13.2 Å². The Labute approximate surface area is 174 Å². The normalized spacial score (nSPS) is 21.4. The monoisotopic (exact) mass is 416 g/mol. The van der Waals surface area contributed by atoms with E-state index >= 15 is 0 Å². The number of hydrogen-bond donors (Lipinski definition) is 0. The van der Waals surface area contributed by atoms with Gasteiger partial charge in [0, 0.05) is 23.8 Å². The Hall–Kier alpha value is -2.41. The lowest BCUT2D eigenvalue weighted by atomic mass is 10.0. The molecule has 4 rings (SSSR count). The summed E-state index contributed by atoms with van der Waals surface area (Å²) in [6, 6.07) is 13.7. The molecule has 0 spiro atoms. The number of aromatic nitrogens is 2. The number of benzene rings is 2. The zero-order valence-corrected chi connectivity index (χ0v) is 16.6. The van der Waals surface area contributed by atoms with Gasteiger partial charge in [-0.05, 0) is 48.4 Å². The van der Waals surface area contributed by atoms with Crippen molar-refractivity contribution < 1.29 is 18.6 Å². The highest BCUT2D eigenvalue weighted by Gasteiger charge is 2.42. The Balaban J connectivity index is 1.40. The fraction of sp³-hybridized carbons (Fsp3) is 0.318. The zero-order chi connectivity index (χ0) is 20.1. The number of ether oxygens (including phenoxy) is 3. The first-order chi connectivity index (χ1) is 14.1. The van der Waals surface area contributed by atoms with E-state index in [1.807, 2.05) is 35.0 Å². The largest absolute Gasteiger partial charge is 0.491 e. The van der Waals surface area contributed by atoms with Gasteiger partial charge in [-0.2, -0.15) is 0 Å². The lowest BCUT2D eigenvalue weighted by Crippen LogP contribution is -2.37. The van der Waals surface area contributed by atoms with Gasteiger partial charge in [-0.1, -0.05) is 23.7 Å². The predicted molar refractivity (Wildman–Crippen MR) is 107 cm³/mol. The third-order valence-electron chi connectivity index (χ3n) is 4.85. The maximum atomic E-state index is 13.0. The second-order valence-corrected chi connectivity index (χ2v) is 7.52. The summed E-state index contributed by atoms with van der Waals surface area (Å²) in [5, 5.41) is 0.716. The van der Waals surface area contributed by atoms with Gasteiger partial charge in [0.2, 0.25) is 0 Å². The molecule has 1 saturated heterocycles. The number of aryl methyl sites for hydroxylation is 1. The minimum atomic E-state index is -0.767. The maximum absolute atomic E-state index is 13.0. The molecule has 1 aromatic heterocycles. The third kappa shape index (κ3) is 5.35. The van der Waals surface area contributed by atoms with Crippen LogP contribution in [-0.4, -0.2) is 34.7 Å². The van der Waals surface area contributed by atoms with E-state index in [1.165, 1.54) is 12.1 Å². The molecule has 0 radical (unpaired) electrons. The summed E-state index contributed by atoms with van der Waals surface area (Å²) in [6.45, 7) is 1.29. The van der Waals surface area contributed by atoms with Crippen LogP contribution in [0.3, 0.4) is 0 Å². The van der Waals surface area contributed by atoms with E-state index in [0.717, 1.165) is 12.0 Å². The highest BCUT2D eigenvalue weighted by atomic mass is 35.5. The number of imidazole rings is 1.